The van der Waals surface area contributed by atoms with Gasteiger partial charge in [0.2, 0.25) is 5.91 Å². The monoisotopic (exact) mass is 181 g/mol. The molecule has 2 nitrogen and oxygen atoms in total. The lowest BCUT2D eigenvalue weighted by molar-refractivity contribution is -0.121. The van der Waals surface area contributed by atoms with Crippen LogP contribution in [0.3, 0.4) is 0 Å². The Balaban J connectivity index is 3.32. The first-order valence-electron chi connectivity index (χ1n) is 4.90. The molecule has 0 bridgehead atoms. The standard InChI is InChI=1S/C11H19NO/c1-4-6-7-11(13)12-9-8-10(3)5-2/h1,10H,5-9H2,2-3H3,(H,12,13). The van der Waals surface area contributed by atoms with E-state index in [1.54, 1.807) is 0 Å². The third-order valence-electron chi connectivity index (χ3n) is 2.15. The minimum Gasteiger partial charge on any atom is -0.356 e. The second kappa shape index (κ2) is 7.67. The van der Waals surface area contributed by atoms with E-state index in [9.17, 15) is 4.79 Å². The van der Waals surface area contributed by atoms with Gasteiger partial charge in [0.15, 0.2) is 0 Å². The Bertz CT molecular complexity index is 181. The van der Waals surface area contributed by atoms with E-state index in [2.05, 4.69) is 25.1 Å². The molecule has 0 aliphatic rings. The van der Waals surface area contributed by atoms with Crippen LogP contribution in [-0.4, -0.2) is 12.5 Å². The number of terminal acetylenes is 1. The maximum Gasteiger partial charge on any atom is 0.220 e. The molecule has 0 rings (SSSR count). The van der Waals surface area contributed by atoms with Gasteiger partial charge in [0.05, 0.1) is 0 Å². The van der Waals surface area contributed by atoms with Crippen molar-refractivity contribution in [3.63, 3.8) is 0 Å². The lowest BCUT2D eigenvalue weighted by atomic mass is 10.1. The maximum absolute atomic E-state index is 11.1. The first-order chi connectivity index (χ1) is 6.20. The van der Waals surface area contributed by atoms with Crippen molar-refractivity contribution in [2.75, 3.05) is 6.54 Å². The van der Waals surface area contributed by atoms with Crippen LogP contribution in [0.4, 0.5) is 0 Å². The predicted molar refractivity (Wildman–Crippen MR) is 55.1 cm³/mol. The van der Waals surface area contributed by atoms with Crippen LogP contribution < -0.4 is 5.32 Å². The van der Waals surface area contributed by atoms with Gasteiger partial charge in [-0.15, -0.1) is 12.3 Å². The van der Waals surface area contributed by atoms with E-state index in [-0.39, 0.29) is 5.91 Å². The molecule has 0 aliphatic carbocycles. The number of rotatable bonds is 6. The second-order valence-corrected chi connectivity index (χ2v) is 3.36. The van der Waals surface area contributed by atoms with Crippen LogP contribution in [0.25, 0.3) is 0 Å². The zero-order valence-corrected chi connectivity index (χ0v) is 8.60. The van der Waals surface area contributed by atoms with Gasteiger partial charge in [-0.2, -0.15) is 0 Å². The first kappa shape index (κ1) is 12.0. The molecule has 74 valence electrons. The van der Waals surface area contributed by atoms with Crippen molar-refractivity contribution in [2.45, 2.75) is 39.5 Å². The molecule has 0 saturated carbocycles. The third-order valence-corrected chi connectivity index (χ3v) is 2.15. The van der Waals surface area contributed by atoms with Crippen molar-refractivity contribution in [2.24, 2.45) is 5.92 Å². The Labute approximate surface area is 81.1 Å². The minimum atomic E-state index is 0.0706. The Morgan fingerprint density at radius 3 is 2.85 bits per heavy atom. The summed E-state index contributed by atoms with van der Waals surface area (Å²) in [6.07, 6.45) is 8.26. The highest BCUT2D eigenvalue weighted by Gasteiger charge is 2.01. The molecule has 0 spiro atoms. The van der Waals surface area contributed by atoms with Crippen molar-refractivity contribution in [1.29, 1.82) is 0 Å². The average molecular weight is 181 g/mol. The first-order valence-corrected chi connectivity index (χ1v) is 4.90. The fourth-order valence-corrected chi connectivity index (χ4v) is 0.936. The highest BCUT2D eigenvalue weighted by atomic mass is 16.1. The molecule has 0 fully saturated rings. The van der Waals surface area contributed by atoms with Gasteiger partial charge in [-0.1, -0.05) is 20.3 Å². The summed E-state index contributed by atoms with van der Waals surface area (Å²) >= 11 is 0. The van der Waals surface area contributed by atoms with Gasteiger partial charge in [0.25, 0.3) is 0 Å². The zero-order valence-electron chi connectivity index (χ0n) is 8.60. The Hall–Kier alpha value is -0.970. The highest BCUT2D eigenvalue weighted by molar-refractivity contribution is 5.76. The second-order valence-electron chi connectivity index (χ2n) is 3.36. The SMILES string of the molecule is C#CCCC(=O)NCCC(C)CC. The fourth-order valence-electron chi connectivity index (χ4n) is 0.936. The van der Waals surface area contributed by atoms with E-state index in [4.69, 9.17) is 6.42 Å². The molecule has 0 aromatic carbocycles. The molecule has 0 aromatic rings. The lowest BCUT2D eigenvalue weighted by Gasteiger charge is -2.08. The van der Waals surface area contributed by atoms with Crippen LogP contribution in [0, 0.1) is 18.3 Å². The average Bonchev–Trinajstić information content (AvgIpc) is 2.14. The van der Waals surface area contributed by atoms with Gasteiger partial charge < -0.3 is 5.32 Å². The van der Waals surface area contributed by atoms with Gasteiger partial charge in [-0.3, -0.25) is 4.79 Å². The summed E-state index contributed by atoms with van der Waals surface area (Å²) in [5.74, 6) is 3.21. The number of hydrogen-bond donors (Lipinski definition) is 1. The summed E-state index contributed by atoms with van der Waals surface area (Å²) in [6.45, 7) is 5.12. The number of nitrogens with one attached hydrogen (secondary N) is 1. The number of carbonyl (C=O) groups is 1. The smallest absolute Gasteiger partial charge is 0.220 e. The van der Waals surface area contributed by atoms with Crippen molar-refractivity contribution in [3.05, 3.63) is 0 Å². The number of hydrogen-bond acceptors (Lipinski definition) is 1. The van der Waals surface area contributed by atoms with Crippen molar-refractivity contribution >= 4 is 5.91 Å². The van der Waals surface area contributed by atoms with E-state index in [1.807, 2.05) is 0 Å². The van der Waals surface area contributed by atoms with Gasteiger partial charge in [0, 0.05) is 19.4 Å². The van der Waals surface area contributed by atoms with Crippen LogP contribution in [-0.2, 0) is 4.79 Å². The molecule has 0 saturated heterocycles. The topological polar surface area (TPSA) is 29.1 Å². The van der Waals surface area contributed by atoms with Crippen LogP contribution in [0.15, 0.2) is 0 Å². The molecule has 2 heteroatoms. The molecule has 13 heavy (non-hydrogen) atoms. The van der Waals surface area contributed by atoms with E-state index in [1.165, 1.54) is 6.42 Å². The zero-order chi connectivity index (χ0) is 10.1. The lowest BCUT2D eigenvalue weighted by Crippen LogP contribution is -2.25. The van der Waals surface area contributed by atoms with Crippen LogP contribution >= 0.6 is 0 Å². The minimum absolute atomic E-state index is 0.0706. The summed E-state index contributed by atoms with van der Waals surface area (Å²) in [5, 5.41) is 2.85. The normalized spacial score (nSPS) is 11.8. The maximum atomic E-state index is 11.1. The quantitative estimate of drug-likeness (QED) is 0.623. The Kier molecular flexibility index (Phi) is 7.10. The van der Waals surface area contributed by atoms with E-state index in [0.717, 1.165) is 13.0 Å². The molecule has 0 heterocycles. The molecule has 0 radical (unpaired) electrons. The summed E-state index contributed by atoms with van der Waals surface area (Å²) in [4.78, 5) is 11.1. The summed E-state index contributed by atoms with van der Waals surface area (Å²) in [7, 11) is 0. The Morgan fingerprint density at radius 2 is 2.31 bits per heavy atom. The molecule has 0 aliphatic heterocycles. The van der Waals surface area contributed by atoms with Gasteiger partial charge in [-0.25, -0.2) is 0 Å². The van der Waals surface area contributed by atoms with E-state index in [0.29, 0.717) is 18.8 Å². The molecular formula is C11H19NO. The van der Waals surface area contributed by atoms with Crippen molar-refractivity contribution < 1.29 is 4.79 Å². The summed E-state index contributed by atoms with van der Waals surface area (Å²) in [5.41, 5.74) is 0. The van der Waals surface area contributed by atoms with E-state index >= 15 is 0 Å². The van der Waals surface area contributed by atoms with Crippen LogP contribution in [0.1, 0.15) is 39.5 Å². The summed E-state index contributed by atoms with van der Waals surface area (Å²) in [6, 6.07) is 0. The largest absolute Gasteiger partial charge is 0.356 e. The summed E-state index contributed by atoms with van der Waals surface area (Å²) < 4.78 is 0. The van der Waals surface area contributed by atoms with Crippen LogP contribution in [0.5, 0.6) is 0 Å². The van der Waals surface area contributed by atoms with Gasteiger partial charge >= 0.3 is 0 Å². The van der Waals surface area contributed by atoms with Crippen molar-refractivity contribution in [3.8, 4) is 12.3 Å². The number of carbonyl (C=O) groups excluding carboxylic acids is 1. The van der Waals surface area contributed by atoms with Gasteiger partial charge in [-0.05, 0) is 12.3 Å². The molecule has 1 unspecified atom stereocenters. The molecular weight excluding hydrogens is 162 g/mol. The third kappa shape index (κ3) is 7.39. The van der Waals surface area contributed by atoms with Crippen molar-refractivity contribution in [1.82, 2.24) is 5.32 Å². The number of amides is 1. The van der Waals surface area contributed by atoms with Gasteiger partial charge in [0.1, 0.15) is 0 Å². The molecule has 1 amide bonds. The highest BCUT2D eigenvalue weighted by Crippen LogP contribution is 2.04. The molecule has 1 N–H and O–H groups in total. The van der Waals surface area contributed by atoms with Crippen LogP contribution in [0.2, 0.25) is 0 Å². The van der Waals surface area contributed by atoms with E-state index < -0.39 is 0 Å². The predicted octanol–water partition coefficient (Wildman–Crippen LogP) is 1.95. The Morgan fingerprint density at radius 1 is 1.62 bits per heavy atom. The fraction of sp³-hybridized carbons (Fsp3) is 0.727. The molecule has 1 atom stereocenters. The molecule has 0 aromatic heterocycles.